The fourth-order valence-electron chi connectivity index (χ4n) is 9.03. The van der Waals surface area contributed by atoms with E-state index in [2.05, 4.69) is 35.4 Å². The molecule has 2 fully saturated rings. The summed E-state index contributed by atoms with van der Waals surface area (Å²) in [6, 6.07) is 19.4. The number of carbonyl (C=O) groups excluding carboxylic acids is 4. The van der Waals surface area contributed by atoms with Crippen LogP contribution in [0.4, 0.5) is 37.7 Å². The number of aliphatic imine (C=N–C) groups is 2. The molecule has 4 aliphatic heterocycles. The zero-order chi connectivity index (χ0) is 60.6. The number of amidine groups is 2. The maximum absolute atomic E-state index is 13.1. The predicted octanol–water partition coefficient (Wildman–Crippen LogP) is 8.75. The monoisotopic (exact) mass is 1250 g/mol. The van der Waals surface area contributed by atoms with Crippen LogP contribution < -0.4 is 30.3 Å². The molecule has 0 radical (unpaired) electrons. The second-order valence-corrected chi connectivity index (χ2v) is 23.5. The lowest BCUT2D eigenvalue weighted by atomic mass is 9.89. The Kier molecular flexibility index (Phi) is 20.8. The summed E-state index contributed by atoms with van der Waals surface area (Å²) in [6.45, 7) is 5.71. The van der Waals surface area contributed by atoms with Gasteiger partial charge in [0.25, 0.3) is 11.8 Å². The standard InChI is InChI=1S/C27H28ClF3N4O5S.C24H25F3N4O4S.C2H2Cl2O/c1-17-13-20(34(3)23(36)16-28)14-18(2)22(17)7-12-41(38,39)35-10-8-26(9-11-35)25(37)32-24(33-26)19-5-4-6-21(15-19)40-27(29,30)31;1-16-14-19(28-2)7-6-17(16)8-13-36(33,34)31-11-9-23(10-12-31)22(32)29-21(30-23)18-4-3-5-20(15-18)35-24(25,26)27;3-1-2(4)5/h4-7,12-15H,8-11,16H2,1-3H3,(H,32,33,37);3-8,13-15,28H,9-12H2,1-2H3,(H,29,30,32);1H2/b12-7+;13-8+;. The molecule has 2 spiro atoms. The van der Waals surface area contributed by atoms with Gasteiger partial charge in [0.15, 0.2) is 0 Å². The third kappa shape index (κ3) is 16.6. The van der Waals surface area contributed by atoms with E-state index < -0.39 is 72.4 Å². The number of carbonyl (C=O) groups is 4. The quantitative estimate of drug-likeness (QED) is 0.0615. The van der Waals surface area contributed by atoms with Gasteiger partial charge in [0, 0.05) is 73.6 Å². The van der Waals surface area contributed by atoms with Crippen LogP contribution in [0.15, 0.2) is 99.7 Å². The van der Waals surface area contributed by atoms with E-state index in [1.54, 1.807) is 32.3 Å². The maximum Gasteiger partial charge on any atom is 0.573 e. The van der Waals surface area contributed by atoms with Crippen LogP contribution in [0, 0.1) is 20.8 Å². The summed E-state index contributed by atoms with van der Waals surface area (Å²) in [7, 11) is -4.17. The number of hydrogen-bond acceptors (Lipinski definition) is 13. The lowest BCUT2D eigenvalue weighted by Gasteiger charge is -2.34. The van der Waals surface area contributed by atoms with Gasteiger partial charge in [-0.05, 0) is 147 Å². The van der Waals surface area contributed by atoms with Crippen molar-refractivity contribution in [2.75, 3.05) is 62.3 Å². The van der Waals surface area contributed by atoms with Crippen molar-refractivity contribution in [3.05, 3.63) is 129 Å². The van der Waals surface area contributed by atoms with Crippen LogP contribution in [0.1, 0.15) is 64.6 Å². The van der Waals surface area contributed by atoms with Gasteiger partial charge in [-0.2, -0.15) is 8.61 Å². The average molecular weight is 1250 g/mol. The fraction of sp³-hybridized carbons (Fsp3) is 0.358. The summed E-state index contributed by atoms with van der Waals surface area (Å²) >= 11 is 15.2. The van der Waals surface area contributed by atoms with Crippen LogP contribution in [-0.2, 0) is 39.2 Å². The molecule has 4 aromatic carbocycles. The summed E-state index contributed by atoms with van der Waals surface area (Å²) in [5.41, 5.74) is 3.59. The minimum absolute atomic E-state index is 0.0241. The number of piperidine rings is 2. The zero-order valence-electron chi connectivity index (χ0n) is 44.4. The third-order valence-electron chi connectivity index (χ3n) is 13.4. The summed E-state index contributed by atoms with van der Waals surface area (Å²) in [6.07, 6.45) is -6.18. The van der Waals surface area contributed by atoms with Crippen molar-refractivity contribution in [3.63, 3.8) is 0 Å². The van der Waals surface area contributed by atoms with Crippen molar-refractivity contribution >= 4 is 113 Å². The summed E-state index contributed by atoms with van der Waals surface area (Å²) in [5.74, 6) is -2.02. The number of aryl methyl sites for hydroxylation is 3. The number of anilines is 2. The Hall–Kier alpha value is -6.55. The fourth-order valence-corrected chi connectivity index (χ4v) is 11.6. The van der Waals surface area contributed by atoms with Crippen molar-refractivity contribution in [1.82, 2.24) is 19.2 Å². The predicted molar refractivity (Wildman–Crippen MR) is 301 cm³/mol. The SMILES string of the molecule is CNc1ccc(/C=C/S(=O)(=O)N2CCC3(CC2)N=C(c2cccc(OC(F)(F)F)c2)NC3=O)c(C)c1.Cc1cc(N(C)C(=O)CCl)cc(C)c1/C=C/S(=O)(=O)N1CCC2(CC1)N=C(c1cccc(OC(F)(F)F)c1)NC2=O.O=C(Cl)CCl. The van der Waals surface area contributed by atoms with Crippen LogP contribution in [0.25, 0.3) is 12.2 Å². The highest BCUT2D eigenvalue weighted by atomic mass is 35.5. The van der Waals surface area contributed by atoms with E-state index >= 15 is 0 Å². The largest absolute Gasteiger partial charge is 0.573 e. The molecular formula is C53H55Cl3F6N8O10S2. The molecule has 8 rings (SSSR count). The minimum atomic E-state index is -4.87. The van der Waals surface area contributed by atoms with Crippen molar-refractivity contribution < 1.29 is 71.8 Å². The summed E-state index contributed by atoms with van der Waals surface area (Å²) in [5, 5.41) is 10.0. The zero-order valence-corrected chi connectivity index (χ0v) is 48.3. The van der Waals surface area contributed by atoms with E-state index in [-0.39, 0.29) is 92.3 Å². The number of alkyl halides is 8. The third-order valence-corrected chi connectivity index (χ3v) is 17.3. The van der Waals surface area contributed by atoms with Crippen LogP contribution in [0.3, 0.4) is 0 Å². The first kappa shape index (κ1) is 64.6. The average Bonchev–Trinajstić information content (AvgIpc) is 4.02. The van der Waals surface area contributed by atoms with Gasteiger partial charge in [-0.15, -0.1) is 49.5 Å². The number of nitrogens with one attached hydrogen (secondary N) is 3. The molecule has 2 saturated heterocycles. The second-order valence-electron chi connectivity index (χ2n) is 18.9. The van der Waals surface area contributed by atoms with Crippen LogP contribution in [0.2, 0.25) is 0 Å². The highest BCUT2D eigenvalue weighted by molar-refractivity contribution is 7.92. The lowest BCUT2D eigenvalue weighted by molar-refractivity contribution is -0.275. The normalized spacial score (nSPS) is 17.3. The second kappa shape index (κ2) is 26.4. The van der Waals surface area contributed by atoms with E-state index in [9.17, 15) is 62.4 Å². The number of amides is 3. The molecule has 4 aliphatic rings. The number of hydrogen-bond donors (Lipinski definition) is 3. The number of halogens is 9. The number of sulfonamides is 2. The molecule has 3 amide bonds. The van der Waals surface area contributed by atoms with Gasteiger partial charge in [-0.25, -0.2) is 16.8 Å². The van der Waals surface area contributed by atoms with E-state index in [4.69, 9.17) is 34.8 Å². The van der Waals surface area contributed by atoms with Gasteiger partial charge in [-0.1, -0.05) is 30.3 Å². The van der Waals surface area contributed by atoms with Crippen molar-refractivity contribution in [2.24, 2.45) is 9.98 Å². The lowest BCUT2D eigenvalue weighted by Crippen LogP contribution is -2.50. The molecule has 0 aliphatic carbocycles. The topological polar surface area (TPSA) is 226 Å². The molecule has 0 unspecified atom stereocenters. The highest BCUT2D eigenvalue weighted by Gasteiger charge is 2.49. The molecule has 3 N–H and O–H groups in total. The van der Waals surface area contributed by atoms with Gasteiger partial charge in [0.2, 0.25) is 31.2 Å². The molecule has 29 heteroatoms. The van der Waals surface area contributed by atoms with E-state index in [1.807, 2.05) is 39.0 Å². The van der Waals surface area contributed by atoms with E-state index in [0.717, 1.165) is 63.0 Å². The summed E-state index contributed by atoms with van der Waals surface area (Å²) in [4.78, 5) is 57.4. The molecule has 18 nitrogen and oxygen atoms in total. The molecule has 0 aromatic heterocycles. The highest BCUT2D eigenvalue weighted by Crippen LogP contribution is 2.36. The molecule has 82 heavy (non-hydrogen) atoms. The molecule has 0 saturated carbocycles. The van der Waals surface area contributed by atoms with Gasteiger partial charge >= 0.3 is 12.7 Å². The van der Waals surface area contributed by atoms with Gasteiger partial charge in [-0.3, -0.25) is 29.2 Å². The Labute approximate surface area is 484 Å². The Morgan fingerprint density at radius 1 is 0.683 bits per heavy atom. The number of ether oxygens (including phenoxy) is 2. The van der Waals surface area contributed by atoms with Gasteiger partial charge < -0.3 is 30.3 Å². The molecule has 0 bridgehead atoms. The van der Waals surface area contributed by atoms with E-state index in [0.29, 0.717) is 11.3 Å². The molecule has 4 heterocycles. The number of benzene rings is 4. The van der Waals surface area contributed by atoms with Crippen molar-refractivity contribution in [2.45, 2.75) is 70.3 Å². The molecule has 0 atom stereocenters. The maximum atomic E-state index is 13.1. The first-order valence-electron chi connectivity index (χ1n) is 24.7. The first-order chi connectivity index (χ1) is 38.3. The molecule has 4 aromatic rings. The molecular weight excluding hydrogens is 1190 g/mol. The van der Waals surface area contributed by atoms with Crippen LogP contribution in [0.5, 0.6) is 11.5 Å². The molecule has 442 valence electrons. The Morgan fingerprint density at radius 2 is 1.11 bits per heavy atom. The van der Waals surface area contributed by atoms with Crippen LogP contribution >= 0.6 is 34.8 Å². The summed E-state index contributed by atoms with van der Waals surface area (Å²) < 4.78 is 138. The Balaban J connectivity index is 0.000000245. The number of nitrogens with zero attached hydrogens (tertiary/aromatic N) is 5. The Morgan fingerprint density at radius 3 is 1.49 bits per heavy atom. The smallest absolute Gasteiger partial charge is 0.406 e. The van der Waals surface area contributed by atoms with Gasteiger partial charge in [0.1, 0.15) is 40.1 Å². The van der Waals surface area contributed by atoms with Gasteiger partial charge in [0.05, 0.1) is 5.88 Å². The van der Waals surface area contributed by atoms with Crippen LogP contribution in [-0.4, -0.2) is 136 Å². The van der Waals surface area contributed by atoms with Crippen molar-refractivity contribution in [1.29, 1.82) is 0 Å². The Bertz CT molecular complexity index is 3420. The van der Waals surface area contributed by atoms with E-state index in [1.165, 1.54) is 43.9 Å². The van der Waals surface area contributed by atoms with Crippen molar-refractivity contribution in [3.8, 4) is 11.5 Å². The number of rotatable bonds is 14. The first-order valence-corrected chi connectivity index (χ1v) is 29.2. The minimum Gasteiger partial charge on any atom is -0.406 e.